The van der Waals surface area contributed by atoms with Crippen molar-refractivity contribution in [2.24, 2.45) is 0 Å². The van der Waals surface area contributed by atoms with Gasteiger partial charge in [-0.15, -0.1) is 5.10 Å². The molecular weight excluding hydrogens is 330 g/mol. The average Bonchev–Trinajstić information content (AvgIpc) is 3.04. The Hall–Kier alpha value is -2.70. The Bertz CT molecular complexity index is 971. The Morgan fingerprint density at radius 3 is 3.04 bits per heavy atom. The first kappa shape index (κ1) is 15.5. The van der Waals surface area contributed by atoms with E-state index in [1.54, 1.807) is 0 Å². The van der Waals surface area contributed by atoms with Gasteiger partial charge in [0.05, 0.1) is 18.3 Å². The monoisotopic (exact) mass is 351 g/mol. The summed E-state index contributed by atoms with van der Waals surface area (Å²) in [6, 6.07) is 5.63. The topological polar surface area (TPSA) is 77.1 Å². The molecule has 0 N–H and O–H groups in total. The van der Waals surface area contributed by atoms with E-state index in [1.165, 1.54) is 12.8 Å². The quantitative estimate of drug-likeness (QED) is 0.722. The van der Waals surface area contributed by atoms with Gasteiger partial charge in [-0.25, -0.2) is 4.98 Å². The van der Waals surface area contributed by atoms with E-state index < -0.39 is 0 Å². The van der Waals surface area contributed by atoms with Crippen LogP contribution < -0.4 is 0 Å². The summed E-state index contributed by atoms with van der Waals surface area (Å²) >= 11 is 0. The molecule has 3 aromatic rings. The average molecular weight is 351 g/mol. The van der Waals surface area contributed by atoms with Gasteiger partial charge >= 0.3 is 0 Å². The number of amides is 1. The lowest BCUT2D eigenvalue weighted by atomic mass is 10.1. The van der Waals surface area contributed by atoms with Crippen molar-refractivity contribution in [3.05, 3.63) is 41.5 Å². The summed E-state index contributed by atoms with van der Waals surface area (Å²) < 4.78 is 7.40. The Balaban J connectivity index is 1.35. The number of fused-ring (bicyclic) bond motifs is 1. The van der Waals surface area contributed by atoms with E-state index in [9.17, 15) is 4.79 Å². The lowest BCUT2D eigenvalue weighted by Gasteiger charge is -2.24. The van der Waals surface area contributed by atoms with Crippen molar-refractivity contribution < 1.29 is 9.21 Å². The van der Waals surface area contributed by atoms with Crippen molar-refractivity contribution in [2.75, 3.05) is 6.54 Å². The van der Waals surface area contributed by atoms with Crippen molar-refractivity contribution in [1.29, 1.82) is 0 Å². The van der Waals surface area contributed by atoms with Crippen LogP contribution >= 0.6 is 0 Å². The Morgan fingerprint density at radius 1 is 1.31 bits per heavy atom. The first-order valence-electron chi connectivity index (χ1n) is 9.25. The molecule has 0 radical (unpaired) electrons. The SMILES string of the molecule is Cc1nc2cc(C(=O)N3CCC[C@H]3Cn3cc(C4CC4)nn3)ccc2o1. The maximum absolute atomic E-state index is 13.0. The molecule has 1 aromatic carbocycles. The van der Waals surface area contributed by atoms with Crippen LogP contribution in [0.25, 0.3) is 11.1 Å². The molecular formula is C19H21N5O2. The molecule has 2 fully saturated rings. The normalized spacial score (nSPS) is 20.2. The highest BCUT2D eigenvalue weighted by atomic mass is 16.3. The molecule has 26 heavy (non-hydrogen) atoms. The van der Waals surface area contributed by atoms with Gasteiger partial charge in [0.15, 0.2) is 11.5 Å². The molecule has 1 aliphatic heterocycles. The Morgan fingerprint density at radius 2 is 2.19 bits per heavy atom. The Labute approximate surface area is 151 Å². The van der Waals surface area contributed by atoms with Crippen molar-refractivity contribution in [1.82, 2.24) is 24.9 Å². The summed E-state index contributed by atoms with van der Waals surface area (Å²) in [6.45, 7) is 3.30. The van der Waals surface area contributed by atoms with Gasteiger partial charge < -0.3 is 9.32 Å². The van der Waals surface area contributed by atoms with E-state index in [0.717, 1.165) is 30.6 Å². The zero-order valence-corrected chi connectivity index (χ0v) is 14.8. The van der Waals surface area contributed by atoms with E-state index >= 15 is 0 Å². The van der Waals surface area contributed by atoms with Gasteiger partial charge in [0.1, 0.15) is 5.52 Å². The van der Waals surface area contributed by atoms with Crippen molar-refractivity contribution in [3.63, 3.8) is 0 Å². The van der Waals surface area contributed by atoms with Gasteiger partial charge in [0, 0.05) is 31.1 Å². The highest BCUT2D eigenvalue weighted by Gasteiger charge is 2.31. The molecule has 1 aliphatic carbocycles. The molecule has 1 saturated carbocycles. The molecule has 2 aromatic heterocycles. The number of aryl methyl sites for hydroxylation is 1. The van der Waals surface area contributed by atoms with Crippen LogP contribution in [-0.4, -0.2) is 43.4 Å². The van der Waals surface area contributed by atoms with E-state index in [4.69, 9.17) is 4.42 Å². The second kappa shape index (κ2) is 5.93. The fraction of sp³-hybridized carbons (Fsp3) is 0.474. The summed E-state index contributed by atoms with van der Waals surface area (Å²) in [4.78, 5) is 19.3. The predicted molar refractivity (Wildman–Crippen MR) is 94.8 cm³/mol. The molecule has 1 atom stereocenters. The number of hydrogen-bond acceptors (Lipinski definition) is 5. The maximum atomic E-state index is 13.0. The molecule has 1 saturated heterocycles. The molecule has 3 heterocycles. The number of hydrogen-bond donors (Lipinski definition) is 0. The van der Waals surface area contributed by atoms with E-state index in [0.29, 0.717) is 29.5 Å². The van der Waals surface area contributed by atoms with Crippen LogP contribution in [0, 0.1) is 6.92 Å². The first-order chi connectivity index (χ1) is 12.7. The van der Waals surface area contributed by atoms with Gasteiger partial charge in [0.2, 0.25) is 0 Å². The molecule has 7 heteroatoms. The standard InChI is InChI=1S/C19H21N5O2/c1-12-20-16-9-14(6-7-18(16)26-12)19(25)24-8-2-3-15(24)10-23-11-17(21-22-23)13-4-5-13/h6-7,9,11,13,15H,2-5,8,10H2,1H3/t15-/m0/s1. The summed E-state index contributed by atoms with van der Waals surface area (Å²) in [5.74, 6) is 1.27. The Kier molecular flexibility index (Phi) is 3.55. The van der Waals surface area contributed by atoms with Crippen LogP contribution in [-0.2, 0) is 6.54 Å². The third-order valence-electron chi connectivity index (χ3n) is 5.33. The van der Waals surface area contributed by atoms with Crippen LogP contribution in [0.15, 0.2) is 28.8 Å². The lowest BCUT2D eigenvalue weighted by Crippen LogP contribution is -2.38. The van der Waals surface area contributed by atoms with Gasteiger partial charge in [0.25, 0.3) is 5.91 Å². The van der Waals surface area contributed by atoms with Crippen LogP contribution in [0.2, 0.25) is 0 Å². The zero-order chi connectivity index (χ0) is 17.7. The fourth-order valence-electron chi connectivity index (χ4n) is 3.82. The van der Waals surface area contributed by atoms with Crippen LogP contribution in [0.3, 0.4) is 0 Å². The minimum atomic E-state index is 0.0533. The molecule has 0 bridgehead atoms. The second-order valence-corrected chi connectivity index (χ2v) is 7.35. The largest absolute Gasteiger partial charge is 0.441 e. The summed E-state index contributed by atoms with van der Waals surface area (Å²) in [5, 5.41) is 8.53. The number of aromatic nitrogens is 4. The number of likely N-dealkylation sites (tertiary alicyclic amines) is 1. The smallest absolute Gasteiger partial charge is 0.254 e. The lowest BCUT2D eigenvalue weighted by molar-refractivity contribution is 0.0721. The highest BCUT2D eigenvalue weighted by molar-refractivity contribution is 5.97. The van der Waals surface area contributed by atoms with Gasteiger partial charge in [-0.05, 0) is 43.9 Å². The van der Waals surface area contributed by atoms with Crippen molar-refractivity contribution >= 4 is 17.0 Å². The maximum Gasteiger partial charge on any atom is 0.254 e. The number of carbonyl (C=O) groups is 1. The highest BCUT2D eigenvalue weighted by Crippen LogP contribution is 2.38. The van der Waals surface area contributed by atoms with Crippen LogP contribution in [0.5, 0.6) is 0 Å². The molecule has 7 nitrogen and oxygen atoms in total. The summed E-state index contributed by atoms with van der Waals surface area (Å²) in [7, 11) is 0. The van der Waals surface area contributed by atoms with Crippen molar-refractivity contribution in [2.45, 2.75) is 51.1 Å². The molecule has 0 unspecified atom stereocenters. The molecule has 2 aliphatic rings. The van der Waals surface area contributed by atoms with E-state index in [1.807, 2.05) is 40.9 Å². The van der Waals surface area contributed by atoms with E-state index in [-0.39, 0.29) is 11.9 Å². The van der Waals surface area contributed by atoms with Crippen LogP contribution in [0.1, 0.15) is 53.5 Å². The van der Waals surface area contributed by atoms with Gasteiger partial charge in [-0.3, -0.25) is 9.48 Å². The zero-order valence-electron chi connectivity index (χ0n) is 14.8. The van der Waals surface area contributed by atoms with Crippen molar-refractivity contribution in [3.8, 4) is 0 Å². The summed E-state index contributed by atoms with van der Waals surface area (Å²) in [6.07, 6.45) is 6.50. The number of carbonyl (C=O) groups excluding carboxylic acids is 1. The second-order valence-electron chi connectivity index (χ2n) is 7.35. The molecule has 1 amide bonds. The first-order valence-corrected chi connectivity index (χ1v) is 9.25. The van der Waals surface area contributed by atoms with Gasteiger partial charge in [-0.2, -0.15) is 0 Å². The van der Waals surface area contributed by atoms with E-state index in [2.05, 4.69) is 15.3 Å². The molecule has 5 rings (SSSR count). The third-order valence-corrected chi connectivity index (χ3v) is 5.33. The molecule has 0 spiro atoms. The van der Waals surface area contributed by atoms with Gasteiger partial charge in [-0.1, -0.05) is 5.21 Å². The number of oxazole rings is 1. The third kappa shape index (κ3) is 2.77. The van der Waals surface area contributed by atoms with Crippen LogP contribution in [0.4, 0.5) is 0 Å². The minimum absolute atomic E-state index is 0.0533. The fourth-order valence-corrected chi connectivity index (χ4v) is 3.82. The predicted octanol–water partition coefficient (Wildman–Crippen LogP) is 2.91. The number of nitrogens with zero attached hydrogens (tertiary/aromatic N) is 5. The molecule has 134 valence electrons. The minimum Gasteiger partial charge on any atom is -0.441 e. The number of rotatable bonds is 4. The number of benzene rings is 1. The summed E-state index contributed by atoms with van der Waals surface area (Å²) in [5.41, 5.74) is 3.20.